The van der Waals surface area contributed by atoms with Crippen molar-refractivity contribution in [1.29, 1.82) is 0 Å². The molecular weight excluding hydrogens is 416 g/mol. The summed E-state index contributed by atoms with van der Waals surface area (Å²) in [6.45, 7) is 2.68. The molecule has 1 aliphatic rings. The number of thiophene rings is 1. The smallest absolute Gasteiger partial charge is 0.225 e. The fraction of sp³-hybridized carbons (Fsp3) is 0.333. The van der Waals surface area contributed by atoms with Crippen LogP contribution in [0.1, 0.15) is 29.8 Å². The van der Waals surface area contributed by atoms with E-state index in [2.05, 4.69) is 27.1 Å². The van der Waals surface area contributed by atoms with Gasteiger partial charge in [0.2, 0.25) is 5.95 Å². The highest BCUT2D eigenvalue weighted by molar-refractivity contribution is 7.21. The summed E-state index contributed by atoms with van der Waals surface area (Å²) in [5.41, 5.74) is 2.66. The number of aryl methyl sites for hydroxylation is 1. The predicted molar refractivity (Wildman–Crippen MR) is 122 cm³/mol. The van der Waals surface area contributed by atoms with Crippen LogP contribution < -0.4 is 10.6 Å². The first-order chi connectivity index (χ1) is 14.7. The van der Waals surface area contributed by atoms with Crippen LogP contribution in [0, 0.1) is 6.92 Å². The van der Waals surface area contributed by atoms with Gasteiger partial charge >= 0.3 is 0 Å². The second kappa shape index (κ2) is 8.25. The van der Waals surface area contributed by atoms with Crippen molar-refractivity contribution >= 4 is 44.7 Å². The molecule has 4 heterocycles. The Morgan fingerprint density at radius 2 is 2.13 bits per heavy atom. The van der Waals surface area contributed by atoms with Gasteiger partial charge in [-0.05, 0) is 43.7 Å². The first-order valence-electron chi connectivity index (χ1n) is 9.96. The highest BCUT2D eigenvalue weighted by atomic mass is 32.1. The zero-order chi connectivity index (χ0) is 20.5. The number of nitrogens with one attached hydrogen (secondary N) is 2. The molecule has 1 fully saturated rings. The molecule has 0 saturated heterocycles. The number of aromatic nitrogens is 4. The van der Waals surface area contributed by atoms with Gasteiger partial charge in [0.25, 0.3) is 0 Å². The number of aliphatic hydroxyl groups is 1. The minimum absolute atomic E-state index is 0.189. The van der Waals surface area contributed by atoms with E-state index in [1.165, 1.54) is 4.88 Å². The summed E-state index contributed by atoms with van der Waals surface area (Å²) < 4.78 is 1.08. The van der Waals surface area contributed by atoms with Crippen molar-refractivity contribution in [3.05, 3.63) is 46.5 Å². The zero-order valence-electron chi connectivity index (χ0n) is 16.5. The van der Waals surface area contributed by atoms with E-state index in [1.54, 1.807) is 35.1 Å². The van der Waals surface area contributed by atoms with Crippen LogP contribution in [-0.4, -0.2) is 37.2 Å². The van der Waals surface area contributed by atoms with Crippen molar-refractivity contribution in [2.45, 2.75) is 44.9 Å². The standard InChI is InChI=1S/C21H22N6OS2/c1-12-18(20-26-16-11-22-7-6-17(16)30-20)19(25-13-4-5-14(28)9-13)27-21(24-12)23-10-15-3-2-8-29-15/h2-3,6-8,11,13-14,28H,4-5,9-10H2,1H3,(H2,23,24,25,27)/t13-,14-/m1/s1. The molecule has 0 aromatic carbocycles. The molecule has 0 unspecified atom stereocenters. The Kier molecular flexibility index (Phi) is 5.32. The van der Waals surface area contributed by atoms with Crippen molar-refractivity contribution in [2.75, 3.05) is 10.6 Å². The van der Waals surface area contributed by atoms with E-state index >= 15 is 0 Å². The number of nitrogens with zero attached hydrogens (tertiary/aromatic N) is 4. The fourth-order valence-corrected chi connectivity index (χ4v) is 5.44. The van der Waals surface area contributed by atoms with E-state index < -0.39 is 0 Å². The minimum Gasteiger partial charge on any atom is -0.393 e. The van der Waals surface area contributed by atoms with Crippen LogP contribution in [0.3, 0.4) is 0 Å². The quantitative estimate of drug-likeness (QED) is 0.409. The van der Waals surface area contributed by atoms with Gasteiger partial charge in [-0.25, -0.2) is 9.97 Å². The molecule has 7 nitrogen and oxygen atoms in total. The Bertz CT molecular complexity index is 1130. The van der Waals surface area contributed by atoms with E-state index in [0.717, 1.165) is 51.6 Å². The first-order valence-corrected chi connectivity index (χ1v) is 11.7. The fourth-order valence-electron chi connectivity index (χ4n) is 3.76. The van der Waals surface area contributed by atoms with Crippen molar-refractivity contribution in [3.63, 3.8) is 0 Å². The Morgan fingerprint density at radius 3 is 2.90 bits per heavy atom. The molecule has 0 spiro atoms. The maximum atomic E-state index is 9.96. The second-order valence-electron chi connectivity index (χ2n) is 7.46. The number of pyridine rings is 1. The third-order valence-electron chi connectivity index (χ3n) is 5.24. The summed E-state index contributed by atoms with van der Waals surface area (Å²) in [5, 5.41) is 19.8. The molecule has 1 aliphatic carbocycles. The molecule has 3 N–H and O–H groups in total. The lowest BCUT2D eigenvalue weighted by Crippen LogP contribution is -2.19. The van der Waals surface area contributed by atoms with Gasteiger partial charge in [-0.2, -0.15) is 4.98 Å². The SMILES string of the molecule is Cc1nc(NCc2cccs2)nc(N[C@@H]2CC[C@@H](O)C2)c1-c1nc2cnccc2s1. The minimum atomic E-state index is -0.251. The number of anilines is 2. The molecule has 0 amide bonds. The van der Waals surface area contributed by atoms with Gasteiger partial charge in [0.05, 0.1) is 34.8 Å². The summed E-state index contributed by atoms with van der Waals surface area (Å²) in [6, 6.07) is 6.29. The topological polar surface area (TPSA) is 95.9 Å². The molecule has 0 aliphatic heterocycles. The molecule has 0 bridgehead atoms. The van der Waals surface area contributed by atoms with Crippen LogP contribution in [0.4, 0.5) is 11.8 Å². The molecule has 2 atom stereocenters. The predicted octanol–water partition coefficient (Wildman–Crippen LogP) is 4.46. The lowest BCUT2D eigenvalue weighted by molar-refractivity contribution is 0.182. The molecule has 9 heteroatoms. The summed E-state index contributed by atoms with van der Waals surface area (Å²) >= 11 is 3.32. The lowest BCUT2D eigenvalue weighted by Gasteiger charge is -2.18. The number of rotatable bonds is 6. The summed E-state index contributed by atoms with van der Waals surface area (Å²) in [5.74, 6) is 1.36. The molecule has 30 heavy (non-hydrogen) atoms. The monoisotopic (exact) mass is 438 g/mol. The average molecular weight is 439 g/mol. The van der Waals surface area contributed by atoms with Crippen molar-refractivity contribution < 1.29 is 5.11 Å². The highest BCUT2D eigenvalue weighted by Crippen LogP contribution is 2.37. The summed E-state index contributed by atoms with van der Waals surface area (Å²) in [7, 11) is 0. The van der Waals surface area contributed by atoms with E-state index in [9.17, 15) is 5.11 Å². The van der Waals surface area contributed by atoms with Crippen LogP contribution >= 0.6 is 22.7 Å². The van der Waals surface area contributed by atoms with Gasteiger partial charge in [0, 0.05) is 17.1 Å². The van der Waals surface area contributed by atoms with Gasteiger partial charge in [0.15, 0.2) is 0 Å². The van der Waals surface area contributed by atoms with Crippen LogP contribution in [0.15, 0.2) is 36.0 Å². The van der Waals surface area contributed by atoms with Crippen LogP contribution in [0.5, 0.6) is 0 Å². The van der Waals surface area contributed by atoms with E-state index in [1.807, 2.05) is 19.1 Å². The van der Waals surface area contributed by atoms with E-state index in [4.69, 9.17) is 15.0 Å². The Morgan fingerprint density at radius 1 is 1.20 bits per heavy atom. The number of fused-ring (bicyclic) bond motifs is 1. The zero-order valence-corrected chi connectivity index (χ0v) is 18.1. The van der Waals surface area contributed by atoms with Gasteiger partial charge < -0.3 is 15.7 Å². The van der Waals surface area contributed by atoms with Crippen LogP contribution in [-0.2, 0) is 6.54 Å². The number of thiazole rings is 1. The normalized spacial score (nSPS) is 18.7. The number of hydrogen-bond donors (Lipinski definition) is 3. The van der Waals surface area contributed by atoms with Gasteiger partial charge in [-0.1, -0.05) is 6.07 Å². The van der Waals surface area contributed by atoms with Crippen molar-refractivity contribution in [1.82, 2.24) is 19.9 Å². The Labute approximate surface area is 182 Å². The third kappa shape index (κ3) is 4.00. The highest BCUT2D eigenvalue weighted by Gasteiger charge is 2.26. The van der Waals surface area contributed by atoms with Gasteiger partial charge in [-0.3, -0.25) is 4.98 Å². The van der Waals surface area contributed by atoms with E-state index in [0.29, 0.717) is 12.5 Å². The number of hydrogen-bond acceptors (Lipinski definition) is 9. The third-order valence-corrected chi connectivity index (χ3v) is 7.17. The molecule has 0 radical (unpaired) electrons. The van der Waals surface area contributed by atoms with Crippen LogP contribution in [0.2, 0.25) is 0 Å². The molecule has 5 rings (SSSR count). The molecular formula is C21H22N6OS2. The molecule has 154 valence electrons. The largest absolute Gasteiger partial charge is 0.393 e. The first kappa shape index (κ1) is 19.3. The van der Waals surface area contributed by atoms with Gasteiger partial charge in [-0.15, -0.1) is 22.7 Å². The lowest BCUT2D eigenvalue weighted by atomic mass is 10.2. The summed E-state index contributed by atoms with van der Waals surface area (Å²) in [6.07, 6.45) is 5.77. The van der Waals surface area contributed by atoms with Crippen molar-refractivity contribution in [2.24, 2.45) is 0 Å². The Hall–Kier alpha value is -2.62. The molecule has 4 aromatic heterocycles. The maximum absolute atomic E-state index is 9.96. The average Bonchev–Trinajstić information content (AvgIpc) is 3.47. The van der Waals surface area contributed by atoms with E-state index in [-0.39, 0.29) is 12.1 Å². The van der Waals surface area contributed by atoms with Crippen LogP contribution in [0.25, 0.3) is 20.8 Å². The maximum Gasteiger partial charge on any atom is 0.225 e. The van der Waals surface area contributed by atoms with Crippen molar-refractivity contribution in [3.8, 4) is 10.6 Å². The Balaban J connectivity index is 1.51. The summed E-state index contributed by atoms with van der Waals surface area (Å²) in [4.78, 5) is 19.7. The number of aliphatic hydroxyl groups excluding tert-OH is 1. The second-order valence-corrected chi connectivity index (χ2v) is 9.52. The van der Waals surface area contributed by atoms with Gasteiger partial charge in [0.1, 0.15) is 16.3 Å². The molecule has 1 saturated carbocycles. The molecule has 4 aromatic rings.